The minimum absolute atomic E-state index is 0.0812. The van der Waals surface area contributed by atoms with Crippen molar-refractivity contribution in [2.75, 3.05) is 24.2 Å². The van der Waals surface area contributed by atoms with E-state index in [1.807, 2.05) is 6.07 Å². The molecule has 0 spiro atoms. The summed E-state index contributed by atoms with van der Waals surface area (Å²) in [6.45, 7) is -0.932. The number of nitrogens with one attached hydrogen (secondary N) is 1. The van der Waals surface area contributed by atoms with Crippen molar-refractivity contribution in [2.45, 2.75) is 19.0 Å². The summed E-state index contributed by atoms with van der Waals surface area (Å²) < 4.78 is 53.9. The fraction of sp³-hybridized carbons (Fsp3) is 0.231. The van der Waals surface area contributed by atoms with Gasteiger partial charge in [0.15, 0.2) is 0 Å². The largest absolute Gasteiger partial charge is 0.357 e. The molecule has 0 aromatic heterocycles. The van der Waals surface area contributed by atoms with Crippen molar-refractivity contribution in [3.05, 3.63) is 102 Å². The van der Waals surface area contributed by atoms with Crippen LogP contribution in [0.4, 0.5) is 14.5 Å². The molecular formula is C26H27F2N3O4S. The number of sulfonamides is 1. The second-order valence-electron chi connectivity index (χ2n) is 8.18. The molecule has 0 aliphatic heterocycles. The number of amides is 2. The van der Waals surface area contributed by atoms with Gasteiger partial charge in [-0.05, 0) is 35.9 Å². The summed E-state index contributed by atoms with van der Waals surface area (Å²) in [5.41, 5.74) is 1.01. The van der Waals surface area contributed by atoms with E-state index in [-0.39, 0.29) is 24.2 Å². The topological polar surface area (TPSA) is 86.8 Å². The Hall–Kier alpha value is -3.79. The summed E-state index contributed by atoms with van der Waals surface area (Å²) in [5.74, 6) is -2.35. The number of anilines is 1. The van der Waals surface area contributed by atoms with Gasteiger partial charge in [0.25, 0.3) is 0 Å². The predicted molar refractivity (Wildman–Crippen MR) is 134 cm³/mol. The van der Waals surface area contributed by atoms with Crippen LogP contribution in [-0.4, -0.2) is 51.0 Å². The van der Waals surface area contributed by atoms with Crippen LogP contribution in [0.15, 0.2) is 78.9 Å². The van der Waals surface area contributed by atoms with Crippen molar-refractivity contribution in [1.29, 1.82) is 0 Å². The average molecular weight is 516 g/mol. The van der Waals surface area contributed by atoms with Gasteiger partial charge in [-0.3, -0.25) is 13.9 Å². The maximum Gasteiger partial charge on any atom is 0.244 e. The van der Waals surface area contributed by atoms with Crippen molar-refractivity contribution in [3.8, 4) is 0 Å². The molecule has 2 amide bonds. The zero-order valence-electron chi connectivity index (χ0n) is 19.9. The first-order valence-corrected chi connectivity index (χ1v) is 13.0. The Balaban J connectivity index is 2.03. The summed E-state index contributed by atoms with van der Waals surface area (Å²) in [4.78, 5) is 27.8. The standard InChI is InChI=1S/C26H27F2N3O4S/c1-29-26(33)24(16-19-8-4-3-5-9-19)30(17-20-10-6-7-11-23(20)28)25(32)18-31(36(2,34)35)22-14-12-21(27)13-15-22/h3-15,24H,16-18H2,1-2H3,(H,29,33). The normalized spacial score (nSPS) is 12.0. The zero-order valence-corrected chi connectivity index (χ0v) is 20.7. The highest BCUT2D eigenvalue weighted by molar-refractivity contribution is 7.92. The molecule has 0 heterocycles. The monoisotopic (exact) mass is 515 g/mol. The first kappa shape index (κ1) is 26.8. The Kier molecular flexibility index (Phi) is 8.76. The third kappa shape index (κ3) is 6.88. The highest BCUT2D eigenvalue weighted by atomic mass is 32.2. The van der Waals surface area contributed by atoms with Crippen LogP contribution in [0.1, 0.15) is 11.1 Å². The third-order valence-corrected chi connectivity index (χ3v) is 6.75. The zero-order chi connectivity index (χ0) is 26.3. The predicted octanol–water partition coefficient (Wildman–Crippen LogP) is 3.12. The van der Waals surface area contributed by atoms with Crippen molar-refractivity contribution in [2.24, 2.45) is 0 Å². The van der Waals surface area contributed by atoms with Gasteiger partial charge in [0.1, 0.15) is 24.2 Å². The van der Waals surface area contributed by atoms with Crippen molar-refractivity contribution in [3.63, 3.8) is 0 Å². The van der Waals surface area contributed by atoms with Gasteiger partial charge in [0, 0.05) is 25.6 Å². The number of hydrogen-bond acceptors (Lipinski definition) is 4. The van der Waals surface area contributed by atoms with Gasteiger partial charge in [-0.2, -0.15) is 0 Å². The first-order chi connectivity index (χ1) is 17.1. The van der Waals surface area contributed by atoms with Crippen LogP contribution in [0.2, 0.25) is 0 Å². The second-order valence-corrected chi connectivity index (χ2v) is 10.1. The summed E-state index contributed by atoms with van der Waals surface area (Å²) >= 11 is 0. The number of likely N-dealkylation sites (N-methyl/N-ethyl adjacent to an activating group) is 1. The van der Waals surface area contributed by atoms with Gasteiger partial charge in [-0.25, -0.2) is 17.2 Å². The van der Waals surface area contributed by atoms with E-state index in [2.05, 4.69) is 5.32 Å². The molecule has 0 aliphatic carbocycles. The van der Waals surface area contributed by atoms with Gasteiger partial charge in [0.2, 0.25) is 21.8 Å². The van der Waals surface area contributed by atoms with E-state index >= 15 is 0 Å². The van der Waals surface area contributed by atoms with Crippen molar-refractivity contribution < 1.29 is 26.8 Å². The maximum absolute atomic E-state index is 14.6. The molecule has 0 saturated carbocycles. The molecule has 36 heavy (non-hydrogen) atoms. The number of benzene rings is 3. The van der Waals surface area contributed by atoms with E-state index in [1.165, 1.54) is 42.3 Å². The van der Waals surface area contributed by atoms with E-state index in [1.54, 1.807) is 30.3 Å². The summed E-state index contributed by atoms with van der Waals surface area (Å²) in [6.07, 6.45) is 1.04. The Morgan fingerprint density at radius 1 is 0.917 bits per heavy atom. The molecule has 0 saturated heterocycles. The molecule has 3 aromatic rings. The molecule has 3 rings (SSSR count). The number of halogens is 2. The van der Waals surface area contributed by atoms with E-state index in [9.17, 15) is 26.8 Å². The van der Waals surface area contributed by atoms with Gasteiger partial charge >= 0.3 is 0 Å². The quantitative estimate of drug-likeness (QED) is 0.450. The van der Waals surface area contributed by atoms with Crippen LogP contribution in [-0.2, 0) is 32.6 Å². The van der Waals surface area contributed by atoms with Crippen LogP contribution in [0.5, 0.6) is 0 Å². The third-order valence-electron chi connectivity index (χ3n) is 5.61. The molecule has 0 radical (unpaired) electrons. The number of carbonyl (C=O) groups excluding carboxylic acids is 2. The van der Waals surface area contributed by atoms with Crippen LogP contribution < -0.4 is 9.62 Å². The molecule has 0 bridgehead atoms. The Labute approximate surface area is 209 Å². The van der Waals surface area contributed by atoms with Gasteiger partial charge in [-0.1, -0.05) is 48.5 Å². The molecular weight excluding hydrogens is 488 g/mol. The lowest BCUT2D eigenvalue weighted by Gasteiger charge is -2.33. The number of rotatable bonds is 10. The molecule has 0 fully saturated rings. The molecule has 3 aromatic carbocycles. The average Bonchev–Trinajstić information content (AvgIpc) is 2.85. The van der Waals surface area contributed by atoms with Crippen molar-refractivity contribution in [1.82, 2.24) is 10.2 Å². The summed E-state index contributed by atoms with van der Waals surface area (Å²) in [6, 6.07) is 18.4. The first-order valence-electron chi connectivity index (χ1n) is 11.1. The Bertz CT molecular complexity index is 1300. The maximum atomic E-state index is 14.6. The second kappa shape index (κ2) is 11.8. The van der Waals surface area contributed by atoms with Crippen LogP contribution >= 0.6 is 0 Å². The lowest BCUT2D eigenvalue weighted by molar-refractivity contribution is -0.139. The van der Waals surface area contributed by atoms with Crippen LogP contribution in [0.25, 0.3) is 0 Å². The summed E-state index contributed by atoms with van der Waals surface area (Å²) in [5, 5.41) is 2.54. The highest BCUT2D eigenvalue weighted by Crippen LogP contribution is 2.21. The molecule has 10 heteroatoms. The smallest absolute Gasteiger partial charge is 0.244 e. The molecule has 1 atom stereocenters. The van der Waals surface area contributed by atoms with Gasteiger partial charge in [0.05, 0.1) is 11.9 Å². The lowest BCUT2D eigenvalue weighted by Crippen LogP contribution is -2.53. The van der Waals surface area contributed by atoms with E-state index in [0.717, 1.165) is 28.3 Å². The highest BCUT2D eigenvalue weighted by Gasteiger charge is 2.33. The van der Waals surface area contributed by atoms with E-state index in [0.29, 0.717) is 0 Å². The molecule has 1 N–H and O–H groups in total. The number of carbonyl (C=O) groups is 2. The number of hydrogen-bond donors (Lipinski definition) is 1. The van der Waals surface area contributed by atoms with Crippen LogP contribution in [0.3, 0.4) is 0 Å². The molecule has 190 valence electrons. The van der Waals surface area contributed by atoms with Gasteiger partial charge in [-0.15, -0.1) is 0 Å². The van der Waals surface area contributed by atoms with E-state index < -0.39 is 46.1 Å². The Morgan fingerprint density at radius 2 is 1.53 bits per heavy atom. The summed E-state index contributed by atoms with van der Waals surface area (Å²) in [7, 11) is -2.54. The number of nitrogens with zero attached hydrogens (tertiary/aromatic N) is 2. The van der Waals surface area contributed by atoms with Gasteiger partial charge < -0.3 is 10.2 Å². The fourth-order valence-electron chi connectivity index (χ4n) is 3.75. The molecule has 7 nitrogen and oxygen atoms in total. The van der Waals surface area contributed by atoms with Crippen LogP contribution in [0, 0.1) is 11.6 Å². The fourth-order valence-corrected chi connectivity index (χ4v) is 4.60. The lowest BCUT2D eigenvalue weighted by atomic mass is 10.0. The Morgan fingerprint density at radius 3 is 2.11 bits per heavy atom. The molecule has 1 unspecified atom stereocenters. The van der Waals surface area contributed by atoms with E-state index in [4.69, 9.17) is 0 Å². The minimum atomic E-state index is -3.96. The SMILES string of the molecule is CNC(=O)C(Cc1ccccc1)N(Cc1ccccc1F)C(=O)CN(c1ccc(F)cc1)S(C)(=O)=O. The van der Waals surface area contributed by atoms with Crippen molar-refractivity contribution >= 4 is 27.5 Å². The molecule has 0 aliphatic rings. The minimum Gasteiger partial charge on any atom is -0.357 e.